The van der Waals surface area contributed by atoms with E-state index in [2.05, 4.69) is 5.32 Å². The minimum atomic E-state index is -0.340. The van der Waals surface area contributed by atoms with Crippen LogP contribution in [0.25, 0.3) is 6.08 Å². The number of amides is 2. The highest BCUT2D eigenvalue weighted by Gasteiger charge is 2.32. The molecule has 1 aliphatic heterocycles. The summed E-state index contributed by atoms with van der Waals surface area (Å²) in [4.78, 5) is 26.7. The first-order valence-corrected chi connectivity index (χ1v) is 10.2. The Hall–Kier alpha value is -2.71. The first kappa shape index (κ1) is 21.0. The first-order chi connectivity index (χ1) is 14.0. The molecule has 29 heavy (non-hydrogen) atoms. The molecule has 5 nitrogen and oxygen atoms in total. The zero-order valence-electron chi connectivity index (χ0n) is 15.7. The fraction of sp³-hybridized carbons (Fsp3) is 0.190. The van der Waals surface area contributed by atoms with Crippen LogP contribution < -0.4 is 10.1 Å². The summed E-state index contributed by atoms with van der Waals surface area (Å²) in [6, 6.07) is 12.9. The van der Waals surface area contributed by atoms with E-state index in [-0.39, 0.29) is 30.6 Å². The molecule has 150 valence electrons. The molecule has 1 aliphatic rings. The molecule has 0 bridgehead atoms. The Morgan fingerprint density at radius 2 is 1.90 bits per heavy atom. The van der Waals surface area contributed by atoms with Crippen LogP contribution in [0.1, 0.15) is 18.9 Å². The summed E-state index contributed by atoms with van der Waals surface area (Å²) in [5.74, 6) is -0.0758. The number of hydrogen-bond donors (Lipinski definition) is 1. The molecule has 2 amide bonds. The number of thioether (sulfide) groups is 1. The van der Waals surface area contributed by atoms with Crippen molar-refractivity contribution < 1.29 is 18.7 Å². The standard InChI is InChI=1S/C21H19FN2O3S2/c1-2-27-17-9-7-16(8-10-17)23-19(25)11-12-24-20(26)18(29-21(24)28)13-14-3-5-15(22)6-4-14/h3-10,13H,2,11-12H2,1H3,(H,23,25). The molecule has 0 spiro atoms. The predicted molar refractivity (Wildman–Crippen MR) is 117 cm³/mol. The first-order valence-electron chi connectivity index (χ1n) is 9.00. The fourth-order valence-corrected chi connectivity index (χ4v) is 3.95. The van der Waals surface area contributed by atoms with E-state index in [1.54, 1.807) is 42.5 Å². The molecule has 0 radical (unpaired) electrons. The molecule has 2 aromatic carbocycles. The molecule has 1 heterocycles. The van der Waals surface area contributed by atoms with Crippen LogP contribution in [-0.2, 0) is 9.59 Å². The number of benzene rings is 2. The van der Waals surface area contributed by atoms with E-state index in [4.69, 9.17) is 17.0 Å². The fourth-order valence-electron chi connectivity index (χ4n) is 2.64. The summed E-state index contributed by atoms with van der Waals surface area (Å²) in [7, 11) is 0. The number of rotatable bonds is 7. The molecule has 0 atom stereocenters. The third-order valence-corrected chi connectivity index (χ3v) is 5.43. The van der Waals surface area contributed by atoms with Crippen LogP contribution in [-0.4, -0.2) is 34.2 Å². The maximum atomic E-state index is 13.0. The Morgan fingerprint density at radius 1 is 1.21 bits per heavy atom. The highest BCUT2D eigenvalue weighted by molar-refractivity contribution is 8.26. The van der Waals surface area contributed by atoms with Crippen LogP contribution in [0.3, 0.4) is 0 Å². The minimum absolute atomic E-state index is 0.115. The number of nitrogens with one attached hydrogen (secondary N) is 1. The molecule has 1 saturated heterocycles. The van der Waals surface area contributed by atoms with Gasteiger partial charge >= 0.3 is 0 Å². The number of anilines is 1. The number of carbonyl (C=O) groups excluding carboxylic acids is 2. The molecule has 8 heteroatoms. The lowest BCUT2D eigenvalue weighted by Gasteiger charge is -2.14. The number of thiocarbonyl (C=S) groups is 1. The van der Waals surface area contributed by atoms with Gasteiger partial charge in [-0.3, -0.25) is 14.5 Å². The summed E-state index contributed by atoms with van der Waals surface area (Å²) >= 11 is 6.45. The average Bonchev–Trinajstić information content (AvgIpc) is 2.96. The summed E-state index contributed by atoms with van der Waals surface area (Å²) in [6.45, 7) is 2.66. The summed E-state index contributed by atoms with van der Waals surface area (Å²) in [5.41, 5.74) is 1.36. The SMILES string of the molecule is CCOc1ccc(NC(=O)CCN2C(=O)C(=Cc3ccc(F)cc3)SC2=S)cc1. The van der Waals surface area contributed by atoms with Crippen molar-refractivity contribution in [2.24, 2.45) is 0 Å². The molecule has 0 unspecified atom stereocenters. The highest BCUT2D eigenvalue weighted by atomic mass is 32.2. The largest absolute Gasteiger partial charge is 0.494 e. The second-order valence-corrected chi connectivity index (χ2v) is 7.82. The minimum Gasteiger partial charge on any atom is -0.494 e. The van der Waals surface area contributed by atoms with Crippen molar-refractivity contribution in [2.75, 3.05) is 18.5 Å². The number of halogens is 1. The molecule has 1 N–H and O–H groups in total. The van der Waals surface area contributed by atoms with Gasteiger partial charge in [0.15, 0.2) is 0 Å². The van der Waals surface area contributed by atoms with Gasteiger partial charge in [0.25, 0.3) is 5.91 Å². The van der Waals surface area contributed by atoms with Crippen molar-refractivity contribution in [3.05, 3.63) is 64.8 Å². The highest BCUT2D eigenvalue weighted by Crippen LogP contribution is 2.32. The van der Waals surface area contributed by atoms with Gasteiger partial charge in [-0.15, -0.1) is 0 Å². The molecule has 3 rings (SSSR count). The van der Waals surface area contributed by atoms with Gasteiger partial charge in [-0.2, -0.15) is 0 Å². The summed E-state index contributed by atoms with van der Waals surface area (Å²) in [6.07, 6.45) is 1.78. The van der Waals surface area contributed by atoms with E-state index in [0.717, 1.165) is 5.75 Å². The van der Waals surface area contributed by atoms with Crippen LogP contribution >= 0.6 is 24.0 Å². The molecule has 0 aromatic heterocycles. The van der Waals surface area contributed by atoms with E-state index >= 15 is 0 Å². The van der Waals surface area contributed by atoms with Crippen LogP contribution in [0.15, 0.2) is 53.4 Å². The van der Waals surface area contributed by atoms with Crippen molar-refractivity contribution in [1.29, 1.82) is 0 Å². The quantitative estimate of drug-likeness (QED) is 0.519. The smallest absolute Gasteiger partial charge is 0.266 e. The van der Waals surface area contributed by atoms with Gasteiger partial charge in [0.2, 0.25) is 5.91 Å². The molecular formula is C21H19FN2O3S2. The van der Waals surface area contributed by atoms with E-state index in [0.29, 0.717) is 27.1 Å². The Morgan fingerprint density at radius 3 is 2.55 bits per heavy atom. The van der Waals surface area contributed by atoms with Crippen LogP contribution in [0.2, 0.25) is 0 Å². The van der Waals surface area contributed by atoms with Crippen LogP contribution in [0.5, 0.6) is 5.75 Å². The van der Waals surface area contributed by atoms with Crippen molar-refractivity contribution in [1.82, 2.24) is 4.90 Å². The molecule has 0 aliphatic carbocycles. The van der Waals surface area contributed by atoms with Crippen LogP contribution in [0, 0.1) is 5.82 Å². The normalized spacial score (nSPS) is 15.1. The van der Waals surface area contributed by atoms with E-state index < -0.39 is 0 Å². The Bertz CT molecular complexity index is 943. The van der Waals surface area contributed by atoms with Crippen molar-refractivity contribution in [3.63, 3.8) is 0 Å². The predicted octanol–water partition coefficient (Wildman–Crippen LogP) is 4.45. The van der Waals surface area contributed by atoms with Gasteiger partial charge in [-0.25, -0.2) is 4.39 Å². The average molecular weight is 431 g/mol. The van der Waals surface area contributed by atoms with E-state index in [1.165, 1.54) is 28.8 Å². The lowest BCUT2D eigenvalue weighted by molar-refractivity contribution is -0.122. The van der Waals surface area contributed by atoms with E-state index in [9.17, 15) is 14.0 Å². The van der Waals surface area contributed by atoms with Crippen LogP contribution in [0.4, 0.5) is 10.1 Å². The van der Waals surface area contributed by atoms with Crippen molar-refractivity contribution in [2.45, 2.75) is 13.3 Å². The zero-order chi connectivity index (χ0) is 20.8. The molecule has 1 fully saturated rings. The Labute approximate surface area is 177 Å². The van der Waals surface area contributed by atoms with E-state index in [1.807, 2.05) is 6.92 Å². The van der Waals surface area contributed by atoms with Crippen molar-refractivity contribution in [3.8, 4) is 5.75 Å². The summed E-state index contributed by atoms with van der Waals surface area (Å²) < 4.78 is 18.8. The van der Waals surface area contributed by atoms with Gasteiger partial charge in [0.1, 0.15) is 15.9 Å². The molecular weight excluding hydrogens is 411 g/mol. The Balaban J connectivity index is 1.55. The van der Waals surface area contributed by atoms with Gasteiger partial charge in [0, 0.05) is 18.7 Å². The lowest BCUT2D eigenvalue weighted by atomic mass is 10.2. The topological polar surface area (TPSA) is 58.6 Å². The number of carbonyl (C=O) groups is 2. The number of hydrogen-bond acceptors (Lipinski definition) is 5. The van der Waals surface area contributed by atoms with Gasteiger partial charge < -0.3 is 10.1 Å². The second kappa shape index (κ2) is 9.67. The molecule has 2 aromatic rings. The number of nitrogens with zero attached hydrogens (tertiary/aromatic N) is 1. The van der Waals surface area contributed by atoms with Crippen molar-refractivity contribution >= 4 is 51.9 Å². The Kier molecular flexibility index (Phi) is 7.00. The number of ether oxygens (including phenoxy) is 1. The molecule has 0 saturated carbocycles. The monoisotopic (exact) mass is 430 g/mol. The maximum Gasteiger partial charge on any atom is 0.266 e. The second-order valence-electron chi connectivity index (χ2n) is 6.14. The maximum absolute atomic E-state index is 13.0. The third kappa shape index (κ3) is 5.65. The third-order valence-electron chi connectivity index (χ3n) is 4.05. The zero-order valence-corrected chi connectivity index (χ0v) is 17.3. The lowest BCUT2D eigenvalue weighted by Crippen LogP contribution is -2.31. The van der Waals surface area contributed by atoms with Gasteiger partial charge in [0.05, 0.1) is 11.5 Å². The summed E-state index contributed by atoms with van der Waals surface area (Å²) in [5, 5.41) is 2.79. The van der Waals surface area contributed by atoms with Gasteiger partial charge in [-0.1, -0.05) is 36.1 Å². The van der Waals surface area contributed by atoms with Gasteiger partial charge in [-0.05, 0) is 55.0 Å².